The fourth-order valence-corrected chi connectivity index (χ4v) is 3.67. The molecule has 5 nitrogen and oxygen atoms in total. The quantitative estimate of drug-likeness (QED) is 0.255. The standard InChI is InChI=1S/C20H17ClF2N2O3S/c1-11-7-14-8-13(4-5-16(14)24-10-11)20(26)17-18(21)12(9-15(22)19(17)23)3-2-6-25-29(27)28/h4-5,7-10,29H,2-3,6H2,1H3,(H,25,27,28). The van der Waals surface area contributed by atoms with E-state index in [1.807, 2.05) is 13.0 Å². The Morgan fingerprint density at radius 2 is 1.97 bits per heavy atom. The summed E-state index contributed by atoms with van der Waals surface area (Å²) in [6.07, 6.45) is 2.17. The average Bonchev–Trinajstić information content (AvgIpc) is 2.68. The van der Waals surface area contributed by atoms with E-state index < -0.39 is 33.9 Å². The number of aryl methyl sites for hydroxylation is 2. The van der Waals surface area contributed by atoms with Crippen molar-refractivity contribution in [3.05, 3.63) is 75.4 Å². The number of nitrogens with one attached hydrogen (secondary N) is 1. The van der Waals surface area contributed by atoms with E-state index in [1.165, 1.54) is 6.07 Å². The van der Waals surface area contributed by atoms with Gasteiger partial charge in [-0.25, -0.2) is 21.9 Å². The molecule has 3 aromatic rings. The summed E-state index contributed by atoms with van der Waals surface area (Å²) in [6.45, 7) is 1.97. The molecule has 29 heavy (non-hydrogen) atoms. The molecule has 2 aromatic carbocycles. The van der Waals surface area contributed by atoms with Crippen LogP contribution in [-0.4, -0.2) is 25.7 Å². The Hall–Kier alpha value is -2.42. The minimum atomic E-state index is -2.74. The Labute approximate surface area is 172 Å². The van der Waals surface area contributed by atoms with Crippen LogP contribution in [-0.2, 0) is 17.3 Å². The number of fused-ring (bicyclic) bond motifs is 1. The number of carbonyl (C=O) groups excluding carboxylic acids is 1. The summed E-state index contributed by atoms with van der Waals surface area (Å²) in [6, 6.07) is 7.44. The second kappa shape index (κ2) is 8.94. The van der Waals surface area contributed by atoms with E-state index in [-0.39, 0.29) is 29.1 Å². The second-order valence-electron chi connectivity index (χ2n) is 6.54. The minimum absolute atomic E-state index is 0.119. The van der Waals surface area contributed by atoms with Gasteiger partial charge in [0.1, 0.15) is 0 Å². The molecule has 0 atom stereocenters. The Morgan fingerprint density at radius 1 is 1.21 bits per heavy atom. The van der Waals surface area contributed by atoms with Crippen LogP contribution in [0.4, 0.5) is 8.78 Å². The molecule has 0 aliphatic rings. The maximum atomic E-state index is 14.5. The monoisotopic (exact) mass is 438 g/mol. The number of aromatic nitrogens is 1. The number of nitrogens with zero attached hydrogens (tertiary/aromatic N) is 1. The van der Waals surface area contributed by atoms with E-state index in [4.69, 9.17) is 11.6 Å². The van der Waals surface area contributed by atoms with Crippen LogP contribution in [0.1, 0.15) is 33.5 Å². The second-order valence-corrected chi connectivity index (χ2v) is 7.75. The summed E-state index contributed by atoms with van der Waals surface area (Å²) in [7, 11) is -2.74. The van der Waals surface area contributed by atoms with Gasteiger partial charge in [0.15, 0.2) is 17.4 Å². The van der Waals surface area contributed by atoms with Gasteiger partial charge in [0.25, 0.3) is 0 Å². The van der Waals surface area contributed by atoms with Crippen molar-refractivity contribution in [2.24, 2.45) is 0 Å². The lowest BCUT2D eigenvalue weighted by Gasteiger charge is -2.12. The molecular weight excluding hydrogens is 422 g/mol. The molecule has 1 aromatic heterocycles. The highest BCUT2D eigenvalue weighted by atomic mass is 35.5. The van der Waals surface area contributed by atoms with Crippen LogP contribution in [0, 0.1) is 18.6 Å². The number of hydrogen-bond donors (Lipinski definition) is 2. The Balaban J connectivity index is 1.97. The van der Waals surface area contributed by atoms with E-state index in [0.717, 1.165) is 11.6 Å². The highest BCUT2D eigenvalue weighted by Crippen LogP contribution is 2.30. The normalized spacial score (nSPS) is 11.3. The molecule has 0 fully saturated rings. The third kappa shape index (κ3) is 4.77. The van der Waals surface area contributed by atoms with Crippen molar-refractivity contribution >= 4 is 39.2 Å². The summed E-state index contributed by atoms with van der Waals surface area (Å²) in [5.41, 5.74) is 1.42. The lowest BCUT2D eigenvalue weighted by atomic mass is 9.97. The van der Waals surface area contributed by atoms with Crippen LogP contribution in [0.5, 0.6) is 0 Å². The molecule has 0 unspecified atom stereocenters. The van der Waals surface area contributed by atoms with Crippen molar-refractivity contribution < 1.29 is 22.0 Å². The zero-order valence-corrected chi connectivity index (χ0v) is 17.0. The zero-order valence-electron chi connectivity index (χ0n) is 15.3. The summed E-state index contributed by atoms with van der Waals surface area (Å²) in [5, 5.41) is 0.518. The summed E-state index contributed by atoms with van der Waals surface area (Å²) < 4.78 is 51.9. The summed E-state index contributed by atoms with van der Waals surface area (Å²) in [5.74, 6) is -3.24. The van der Waals surface area contributed by atoms with Crippen molar-refractivity contribution in [3.8, 4) is 0 Å². The molecular formula is C20H17ClF2N2O3S. The lowest BCUT2D eigenvalue weighted by Crippen LogP contribution is -2.14. The van der Waals surface area contributed by atoms with Gasteiger partial charge in [0.2, 0.25) is 10.9 Å². The third-order valence-corrected chi connectivity index (χ3v) is 5.32. The maximum absolute atomic E-state index is 14.5. The predicted octanol–water partition coefficient (Wildman–Crippen LogP) is 3.75. The van der Waals surface area contributed by atoms with Crippen LogP contribution in [0.2, 0.25) is 5.02 Å². The van der Waals surface area contributed by atoms with Gasteiger partial charge in [-0.2, -0.15) is 0 Å². The van der Waals surface area contributed by atoms with E-state index in [0.29, 0.717) is 17.3 Å². The number of hydrogen-bond acceptors (Lipinski definition) is 4. The van der Waals surface area contributed by atoms with Gasteiger partial charge in [-0.3, -0.25) is 9.78 Å². The molecule has 152 valence electrons. The molecule has 0 aliphatic carbocycles. The molecule has 0 bridgehead atoms. The largest absolute Gasteiger partial charge is 0.288 e. The van der Waals surface area contributed by atoms with Gasteiger partial charge in [-0.15, -0.1) is 0 Å². The van der Waals surface area contributed by atoms with Gasteiger partial charge >= 0.3 is 0 Å². The molecule has 1 heterocycles. The first-order valence-corrected chi connectivity index (χ1v) is 10.3. The fourth-order valence-electron chi connectivity index (χ4n) is 3.01. The van der Waals surface area contributed by atoms with Crippen LogP contribution in [0.25, 0.3) is 10.9 Å². The van der Waals surface area contributed by atoms with E-state index in [2.05, 4.69) is 9.71 Å². The summed E-state index contributed by atoms with van der Waals surface area (Å²) >= 11 is 6.24. The van der Waals surface area contributed by atoms with Gasteiger partial charge in [-0.1, -0.05) is 11.6 Å². The van der Waals surface area contributed by atoms with Gasteiger partial charge < -0.3 is 0 Å². The van der Waals surface area contributed by atoms with Crippen molar-refractivity contribution in [2.45, 2.75) is 19.8 Å². The number of ketones is 1. The molecule has 0 amide bonds. The lowest BCUT2D eigenvalue weighted by molar-refractivity contribution is 0.103. The highest BCUT2D eigenvalue weighted by molar-refractivity contribution is 7.70. The Kier molecular flexibility index (Phi) is 6.56. The number of thiol groups is 1. The van der Waals surface area contributed by atoms with Crippen molar-refractivity contribution in [2.75, 3.05) is 6.54 Å². The smallest absolute Gasteiger partial charge is 0.201 e. The van der Waals surface area contributed by atoms with Crippen LogP contribution in [0.3, 0.4) is 0 Å². The molecule has 0 saturated carbocycles. The molecule has 3 rings (SSSR count). The first-order valence-electron chi connectivity index (χ1n) is 8.73. The maximum Gasteiger partial charge on any atom is 0.201 e. The van der Waals surface area contributed by atoms with Gasteiger partial charge in [0, 0.05) is 23.7 Å². The van der Waals surface area contributed by atoms with E-state index in [9.17, 15) is 22.0 Å². The van der Waals surface area contributed by atoms with Gasteiger partial charge in [-0.05, 0) is 61.2 Å². The van der Waals surface area contributed by atoms with Crippen molar-refractivity contribution in [3.63, 3.8) is 0 Å². The fraction of sp³-hybridized carbons (Fsp3) is 0.200. The zero-order chi connectivity index (χ0) is 21.1. The minimum Gasteiger partial charge on any atom is -0.288 e. The highest BCUT2D eigenvalue weighted by Gasteiger charge is 2.24. The molecule has 1 N–H and O–H groups in total. The average molecular weight is 439 g/mol. The number of carbonyl (C=O) groups is 1. The summed E-state index contributed by atoms with van der Waals surface area (Å²) in [4.78, 5) is 17.2. The van der Waals surface area contributed by atoms with E-state index >= 15 is 0 Å². The molecule has 0 saturated heterocycles. The Morgan fingerprint density at radius 3 is 2.69 bits per heavy atom. The number of rotatable bonds is 7. The van der Waals surface area contributed by atoms with E-state index in [1.54, 1.807) is 18.3 Å². The van der Waals surface area contributed by atoms with Crippen LogP contribution < -0.4 is 4.72 Å². The Bertz CT molecular complexity index is 1170. The predicted molar refractivity (Wildman–Crippen MR) is 108 cm³/mol. The topological polar surface area (TPSA) is 76.1 Å². The first-order chi connectivity index (χ1) is 13.8. The molecule has 0 aliphatic heterocycles. The van der Waals surface area contributed by atoms with Crippen LogP contribution in [0.15, 0.2) is 36.5 Å². The molecule has 0 radical (unpaired) electrons. The third-order valence-electron chi connectivity index (χ3n) is 4.40. The van der Waals surface area contributed by atoms with Crippen LogP contribution >= 0.6 is 11.6 Å². The van der Waals surface area contributed by atoms with Crippen molar-refractivity contribution in [1.82, 2.24) is 9.71 Å². The molecule has 9 heteroatoms. The van der Waals surface area contributed by atoms with Crippen molar-refractivity contribution in [1.29, 1.82) is 0 Å². The molecule has 0 spiro atoms. The SMILES string of the molecule is Cc1cnc2ccc(C(=O)c3c(F)c(F)cc(CCCN[SH](=O)=O)c3Cl)cc2c1. The number of benzene rings is 2. The number of halogens is 3. The first kappa shape index (κ1) is 21.3. The number of pyridine rings is 1. The van der Waals surface area contributed by atoms with Gasteiger partial charge in [0.05, 0.1) is 16.1 Å².